The normalized spacial score (nSPS) is 11.0. The molecule has 2 aromatic heterocycles. The number of aromatic nitrogens is 3. The van der Waals surface area contributed by atoms with Crippen molar-refractivity contribution in [1.29, 1.82) is 0 Å². The van der Waals surface area contributed by atoms with Crippen LogP contribution in [0.1, 0.15) is 16.8 Å². The van der Waals surface area contributed by atoms with E-state index in [1.165, 1.54) is 16.9 Å². The Kier molecular flexibility index (Phi) is 5.90. The van der Waals surface area contributed by atoms with E-state index in [4.69, 9.17) is 9.72 Å². The molecule has 0 saturated carbocycles. The van der Waals surface area contributed by atoms with Gasteiger partial charge in [0.05, 0.1) is 29.7 Å². The smallest absolute Gasteiger partial charge is 0.239 e. The Balaban J connectivity index is 1.47. The minimum atomic E-state index is -0.0455. The van der Waals surface area contributed by atoms with Gasteiger partial charge in [0.15, 0.2) is 10.8 Å². The molecule has 0 unspecified atom stereocenters. The lowest BCUT2D eigenvalue weighted by atomic mass is 10.1. The number of amides is 1. The number of benzene rings is 2. The average molecular weight is 436 g/mol. The van der Waals surface area contributed by atoms with Crippen LogP contribution in [0.5, 0.6) is 5.75 Å². The molecule has 7 nitrogen and oxygen atoms in total. The summed E-state index contributed by atoms with van der Waals surface area (Å²) in [5, 5.41) is 8.39. The second-order valence-corrected chi connectivity index (χ2v) is 8.44. The van der Waals surface area contributed by atoms with E-state index in [-0.39, 0.29) is 12.5 Å². The summed E-state index contributed by atoms with van der Waals surface area (Å²) in [6, 6.07) is 15.8. The third-order valence-electron chi connectivity index (χ3n) is 5.01. The van der Waals surface area contributed by atoms with Crippen molar-refractivity contribution < 1.29 is 9.53 Å². The van der Waals surface area contributed by atoms with Gasteiger partial charge in [0.2, 0.25) is 5.91 Å². The van der Waals surface area contributed by atoms with Crippen molar-refractivity contribution in [1.82, 2.24) is 20.1 Å². The summed E-state index contributed by atoms with van der Waals surface area (Å²) in [5.41, 5.74) is 4.89. The van der Waals surface area contributed by atoms with Gasteiger partial charge < -0.3 is 15.0 Å². The highest BCUT2D eigenvalue weighted by molar-refractivity contribution is 7.22. The molecule has 4 aromatic rings. The number of ether oxygens (including phenoxy) is 1. The molecule has 4 rings (SSSR count). The first kappa shape index (κ1) is 20.9. The van der Waals surface area contributed by atoms with Crippen molar-refractivity contribution in [3.8, 4) is 11.4 Å². The minimum Gasteiger partial charge on any atom is -0.497 e. The van der Waals surface area contributed by atoms with E-state index >= 15 is 0 Å². The summed E-state index contributed by atoms with van der Waals surface area (Å²) in [7, 11) is 3.52. The fraction of sp³-hybridized carbons (Fsp3) is 0.261. The molecule has 1 N–H and O–H groups in total. The SMILES string of the molecule is COc1ccc(-n2nc(C)c3sc(N(C)CC(=O)NCc4ccc(C)cc4)nc32)cc1. The number of fused-ring (bicyclic) bond motifs is 1. The van der Waals surface area contributed by atoms with Gasteiger partial charge in [-0.25, -0.2) is 4.68 Å². The Morgan fingerprint density at radius 2 is 1.84 bits per heavy atom. The van der Waals surface area contributed by atoms with E-state index in [1.54, 1.807) is 7.11 Å². The van der Waals surface area contributed by atoms with Crippen LogP contribution in [-0.2, 0) is 11.3 Å². The Hall–Kier alpha value is -3.39. The molecule has 8 heteroatoms. The van der Waals surface area contributed by atoms with Crippen LogP contribution in [0, 0.1) is 13.8 Å². The summed E-state index contributed by atoms with van der Waals surface area (Å²) in [5.74, 6) is 0.745. The largest absolute Gasteiger partial charge is 0.497 e. The number of thiazole rings is 1. The van der Waals surface area contributed by atoms with Gasteiger partial charge in [-0.05, 0) is 43.7 Å². The van der Waals surface area contributed by atoms with Crippen LogP contribution >= 0.6 is 11.3 Å². The zero-order chi connectivity index (χ0) is 22.0. The van der Waals surface area contributed by atoms with Crippen LogP contribution in [0.15, 0.2) is 48.5 Å². The molecule has 31 heavy (non-hydrogen) atoms. The number of rotatable bonds is 7. The zero-order valence-electron chi connectivity index (χ0n) is 18.0. The predicted molar refractivity (Wildman–Crippen MR) is 124 cm³/mol. The van der Waals surface area contributed by atoms with Crippen LogP contribution < -0.4 is 15.0 Å². The van der Waals surface area contributed by atoms with E-state index in [9.17, 15) is 4.79 Å². The number of hydrogen-bond acceptors (Lipinski definition) is 6. The van der Waals surface area contributed by atoms with Crippen molar-refractivity contribution in [3.63, 3.8) is 0 Å². The molecule has 2 aromatic carbocycles. The quantitative estimate of drug-likeness (QED) is 0.477. The van der Waals surface area contributed by atoms with Crippen molar-refractivity contribution in [2.24, 2.45) is 0 Å². The van der Waals surface area contributed by atoms with Gasteiger partial charge in [-0.2, -0.15) is 10.1 Å². The number of carbonyl (C=O) groups is 1. The van der Waals surface area contributed by atoms with Gasteiger partial charge in [-0.15, -0.1) is 0 Å². The fourth-order valence-electron chi connectivity index (χ4n) is 3.24. The first-order chi connectivity index (χ1) is 14.9. The van der Waals surface area contributed by atoms with Crippen LogP contribution in [-0.4, -0.2) is 41.4 Å². The highest BCUT2D eigenvalue weighted by Gasteiger charge is 2.18. The molecule has 0 aliphatic heterocycles. The number of anilines is 1. The van der Waals surface area contributed by atoms with E-state index < -0.39 is 0 Å². The monoisotopic (exact) mass is 435 g/mol. The van der Waals surface area contributed by atoms with Crippen molar-refractivity contribution in [2.45, 2.75) is 20.4 Å². The van der Waals surface area contributed by atoms with Crippen LogP contribution in [0.25, 0.3) is 16.0 Å². The molecule has 0 bridgehead atoms. The minimum absolute atomic E-state index is 0.0455. The summed E-state index contributed by atoms with van der Waals surface area (Å²) >= 11 is 1.54. The van der Waals surface area contributed by atoms with Crippen molar-refractivity contribution in [2.75, 3.05) is 25.6 Å². The van der Waals surface area contributed by atoms with Crippen LogP contribution in [0.4, 0.5) is 5.13 Å². The molecule has 2 heterocycles. The molecule has 1 amide bonds. The molecule has 0 atom stereocenters. The topological polar surface area (TPSA) is 72.3 Å². The molecule has 0 fully saturated rings. The Labute approximate surface area is 185 Å². The lowest BCUT2D eigenvalue weighted by Gasteiger charge is -2.15. The number of aryl methyl sites for hydroxylation is 2. The summed E-state index contributed by atoms with van der Waals surface area (Å²) in [6.07, 6.45) is 0. The average Bonchev–Trinajstić information content (AvgIpc) is 3.34. The second-order valence-electron chi connectivity index (χ2n) is 7.46. The van der Waals surface area contributed by atoms with Gasteiger partial charge in [-0.3, -0.25) is 4.79 Å². The van der Waals surface area contributed by atoms with Gasteiger partial charge in [-0.1, -0.05) is 41.2 Å². The number of likely N-dealkylation sites (N-methyl/N-ethyl adjacent to an activating group) is 1. The number of nitrogens with one attached hydrogen (secondary N) is 1. The van der Waals surface area contributed by atoms with Gasteiger partial charge in [0.25, 0.3) is 0 Å². The van der Waals surface area contributed by atoms with E-state index in [1.807, 2.05) is 79.0 Å². The summed E-state index contributed by atoms with van der Waals surface area (Å²) in [4.78, 5) is 19.1. The highest BCUT2D eigenvalue weighted by atomic mass is 32.1. The van der Waals surface area contributed by atoms with Crippen molar-refractivity contribution in [3.05, 3.63) is 65.4 Å². The third kappa shape index (κ3) is 4.54. The molecule has 0 saturated heterocycles. The first-order valence-corrected chi connectivity index (χ1v) is 10.8. The van der Waals surface area contributed by atoms with Gasteiger partial charge in [0, 0.05) is 13.6 Å². The molecular formula is C23H25N5O2S. The Morgan fingerprint density at radius 1 is 1.13 bits per heavy atom. The summed E-state index contributed by atoms with van der Waals surface area (Å²) < 4.78 is 8.08. The fourth-order valence-corrected chi connectivity index (χ4v) is 4.18. The van der Waals surface area contributed by atoms with Crippen LogP contribution in [0.3, 0.4) is 0 Å². The maximum absolute atomic E-state index is 12.4. The molecule has 0 radical (unpaired) electrons. The number of carbonyl (C=O) groups excluding carboxylic acids is 1. The van der Waals surface area contributed by atoms with E-state index in [0.29, 0.717) is 6.54 Å². The standard InChI is InChI=1S/C23H25N5O2S/c1-15-5-7-17(8-6-15)13-24-20(29)14-27(3)23-25-22-21(31-23)16(2)26-28(22)18-9-11-19(30-4)12-10-18/h5-12H,13-14H2,1-4H3,(H,24,29). The zero-order valence-corrected chi connectivity index (χ0v) is 18.9. The van der Waals surface area contributed by atoms with Crippen LogP contribution in [0.2, 0.25) is 0 Å². The predicted octanol–water partition coefficient (Wildman–Crippen LogP) is 3.86. The maximum atomic E-state index is 12.4. The third-order valence-corrected chi connectivity index (χ3v) is 6.28. The number of methoxy groups -OCH3 is 1. The second kappa shape index (κ2) is 8.77. The maximum Gasteiger partial charge on any atom is 0.239 e. The first-order valence-electron chi connectivity index (χ1n) is 9.98. The molecule has 0 spiro atoms. The number of nitrogens with zero attached hydrogens (tertiary/aromatic N) is 4. The molecule has 0 aliphatic rings. The molecule has 0 aliphatic carbocycles. The molecule has 160 valence electrons. The number of hydrogen-bond donors (Lipinski definition) is 1. The Bertz CT molecular complexity index is 1200. The molecular weight excluding hydrogens is 410 g/mol. The highest BCUT2D eigenvalue weighted by Crippen LogP contribution is 2.32. The van der Waals surface area contributed by atoms with Crippen molar-refractivity contribution >= 4 is 32.7 Å². The summed E-state index contributed by atoms with van der Waals surface area (Å²) in [6.45, 7) is 4.76. The van der Waals surface area contributed by atoms with Gasteiger partial charge >= 0.3 is 0 Å². The lowest BCUT2D eigenvalue weighted by Crippen LogP contribution is -2.34. The van der Waals surface area contributed by atoms with E-state index in [0.717, 1.165) is 38.2 Å². The lowest BCUT2D eigenvalue weighted by molar-refractivity contribution is -0.119. The van der Waals surface area contributed by atoms with E-state index in [2.05, 4.69) is 10.4 Å². The van der Waals surface area contributed by atoms with Gasteiger partial charge in [0.1, 0.15) is 5.75 Å². The Morgan fingerprint density at radius 3 is 2.52 bits per heavy atom.